The van der Waals surface area contributed by atoms with Crippen LogP contribution in [0.15, 0.2) is 53.5 Å². The third-order valence-electron chi connectivity index (χ3n) is 3.76. The molecule has 0 fully saturated rings. The molecule has 0 spiro atoms. The van der Waals surface area contributed by atoms with Crippen LogP contribution in [-0.2, 0) is 11.3 Å². The average Bonchev–Trinajstić information content (AvgIpc) is 2.49. The second kappa shape index (κ2) is 6.28. The molecular formula is C19H17FN2O2. The van der Waals surface area contributed by atoms with Crippen LogP contribution in [0.3, 0.4) is 0 Å². The van der Waals surface area contributed by atoms with Gasteiger partial charge in [0.1, 0.15) is 12.4 Å². The maximum absolute atomic E-state index is 13.3. The number of fused-ring (bicyclic) bond motifs is 1. The largest absolute Gasteiger partial charge is 0.338 e. The van der Waals surface area contributed by atoms with Crippen LogP contribution in [0.25, 0.3) is 10.9 Å². The topological polar surface area (TPSA) is 51.1 Å². The van der Waals surface area contributed by atoms with E-state index in [1.165, 1.54) is 24.3 Å². The molecule has 0 atom stereocenters. The molecule has 0 unspecified atom stereocenters. The summed E-state index contributed by atoms with van der Waals surface area (Å²) in [6, 6.07) is 11.1. The highest BCUT2D eigenvalue weighted by Crippen LogP contribution is 2.15. The van der Waals surface area contributed by atoms with Gasteiger partial charge < -0.3 is 9.88 Å². The zero-order chi connectivity index (χ0) is 17.3. The summed E-state index contributed by atoms with van der Waals surface area (Å²) in [5.41, 5.74) is 3.12. The fourth-order valence-electron chi connectivity index (χ4n) is 2.82. The number of pyridine rings is 1. The van der Waals surface area contributed by atoms with Crippen molar-refractivity contribution in [1.29, 1.82) is 0 Å². The van der Waals surface area contributed by atoms with Gasteiger partial charge in [-0.15, -0.1) is 0 Å². The lowest BCUT2D eigenvalue weighted by atomic mass is 10.1. The van der Waals surface area contributed by atoms with Crippen LogP contribution in [0.1, 0.15) is 11.1 Å². The van der Waals surface area contributed by atoms with Gasteiger partial charge in [-0.3, -0.25) is 9.59 Å². The number of halogens is 1. The first-order chi connectivity index (χ1) is 11.4. The molecule has 3 rings (SSSR count). The molecular weight excluding hydrogens is 307 g/mol. The van der Waals surface area contributed by atoms with Crippen LogP contribution in [-0.4, -0.2) is 10.5 Å². The van der Waals surface area contributed by atoms with E-state index in [-0.39, 0.29) is 23.3 Å². The Hall–Kier alpha value is -2.95. The van der Waals surface area contributed by atoms with E-state index in [2.05, 4.69) is 5.32 Å². The number of aryl methyl sites for hydroxylation is 2. The molecule has 5 heteroatoms. The summed E-state index contributed by atoms with van der Waals surface area (Å²) in [5, 5.41) is 3.11. The van der Waals surface area contributed by atoms with Crippen LogP contribution in [0.5, 0.6) is 0 Å². The first-order valence-electron chi connectivity index (χ1n) is 7.59. The summed E-state index contributed by atoms with van der Waals surface area (Å²) in [6.07, 6.45) is 1.55. The smallest absolute Gasteiger partial charge is 0.244 e. The van der Waals surface area contributed by atoms with E-state index in [0.717, 1.165) is 16.8 Å². The standard InChI is InChI=1S/C19H17FN2O2/c1-12-7-13(2)9-15(8-12)21-19(24)11-22-6-5-18(23)16-10-14(20)3-4-17(16)22/h3-10H,11H2,1-2H3,(H,21,24). The third-order valence-corrected chi connectivity index (χ3v) is 3.76. The molecule has 24 heavy (non-hydrogen) atoms. The molecule has 1 heterocycles. The zero-order valence-electron chi connectivity index (χ0n) is 13.5. The Balaban J connectivity index is 1.88. The minimum atomic E-state index is -0.475. The number of anilines is 1. The molecule has 0 aliphatic heterocycles. The molecule has 2 aromatic carbocycles. The highest BCUT2D eigenvalue weighted by Gasteiger charge is 2.09. The fraction of sp³-hybridized carbons (Fsp3) is 0.158. The molecule has 3 aromatic rings. The van der Waals surface area contributed by atoms with Gasteiger partial charge in [0.15, 0.2) is 5.43 Å². The molecule has 0 saturated heterocycles. The average molecular weight is 324 g/mol. The van der Waals surface area contributed by atoms with E-state index >= 15 is 0 Å². The van der Waals surface area contributed by atoms with Crippen LogP contribution in [0.2, 0.25) is 0 Å². The van der Waals surface area contributed by atoms with Crippen LogP contribution >= 0.6 is 0 Å². The molecule has 122 valence electrons. The van der Waals surface area contributed by atoms with Crippen molar-refractivity contribution < 1.29 is 9.18 Å². The van der Waals surface area contributed by atoms with Gasteiger partial charge in [-0.25, -0.2) is 4.39 Å². The molecule has 0 aliphatic rings. The summed E-state index contributed by atoms with van der Waals surface area (Å²) in [4.78, 5) is 24.2. The summed E-state index contributed by atoms with van der Waals surface area (Å²) in [7, 11) is 0. The lowest BCUT2D eigenvalue weighted by Gasteiger charge is -2.12. The van der Waals surface area contributed by atoms with Gasteiger partial charge in [-0.05, 0) is 55.3 Å². The number of carbonyl (C=O) groups is 1. The Morgan fingerprint density at radius 3 is 2.50 bits per heavy atom. The lowest BCUT2D eigenvalue weighted by molar-refractivity contribution is -0.116. The van der Waals surface area contributed by atoms with E-state index in [4.69, 9.17) is 0 Å². The minimum Gasteiger partial charge on any atom is -0.338 e. The molecule has 4 nitrogen and oxygen atoms in total. The normalized spacial score (nSPS) is 10.8. The first kappa shape index (κ1) is 15.9. The predicted molar refractivity (Wildman–Crippen MR) is 92.7 cm³/mol. The maximum Gasteiger partial charge on any atom is 0.244 e. The molecule has 1 N–H and O–H groups in total. The summed E-state index contributed by atoms with van der Waals surface area (Å²) >= 11 is 0. The van der Waals surface area contributed by atoms with Gasteiger partial charge >= 0.3 is 0 Å². The van der Waals surface area contributed by atoms with Crippen molar-refractivity contribution in [2.75, 3.05) is 5.32 Å². The summed E-state index contributed by atoms with van der Waals surface area (Å²) < 4.78 is 15.0. The number of amides is 1. The second-order valence-corrected chi connectivity index (χ2v) is 5.89. The Bertz CT molecular complexity index is 972. The number of nitrogens with one attached hydrogen (secondary N) is 1. The molecule has 1 aromatic heterocycles. The van der Waals surface area contributed by atoms with Crippen LogP contribution < -0.4 is 10.7 Å². The summed E-state index contributed by atoms with van der Waals surface area (Å²) in [6.45, 7) is 3.97. The SMILES string of the molecule is Cc1cc(C)cc(NC(=O)Cn2ccc(=O)c3cc(F)ccc32)c1. The Morgan fingerprint density at radius 2 is 1.79 bits per heavy atom. The minimum absolute atomic E-state index is 0.0371. The lowest BCUT2D eigenvalue weighted by Crippen LogP contribution is -2.20. The van der Waals surface area contributed by atoms with Gasteiger partial charge in [0.05, 0.1) is 5.52 Å². The Morgan fingerprint density at radius 1 is 1.08 bits per heavy atom. The number of rotatable bonds is 3. The van der Waals surface area contributed by atoms with Crippen LogP contribution in [0, 0.1) is 19.7 Å². The van der Waals surface area contributed by atoms with Crippen molar-refractivity contribution in [2.45, 2.75) is 20.4 Å². The quantitative estimate of drug-likeness (QED) is 0.803. The van der Waals surface area contributed by atoms with E-state index < -0.39 is 5.82 Å². The maximum atomic E-state index is 13.3. The number of nitrogens with zero attached hydrogens (tertiary/aromatic N) is 1. The van der Waals surface area contributed by atoms with E-state index in [9.17, 15) is 14.0 Å². The van der Waals surface area contributed by atoms with E-state index in [1.54, 1.807) is 10.8 Å². The van der Waals surface area contributed by atoms with Crippen LogP contribution in [0.4, 0.5) is 10.1 Å². The number of benzene rings is 2. The first-order valence-corrected chi connectivity index (χ1v) is 7.59. The molecule has 0 bridgehead atoms. The van der Waals surface area contributed by atoms with Gasteiger partial charge in [0.2, 0.25) is 5.91 Å². The second-order valence-electron chi connectivity index (χ2n) is 5.89. The highest BCUT2D eigenvalue weighted by atomic mass is 19.1. The predicted octanol–water partition coefficient (Wildman–Crippen LogP) is 3.40. The van der Waals surface area contributed by atoms with Crippen molar-refractivity contribution in [2.24, 2.45) is 0 Å². The molecule has 0 radical (unpaired) electrons. The number of hydrogen-bond acceptors (Lipinski definition) is 2. The number of carbonyl (C=O) groups excluding carboxylic acids is 1. The molecule has 1 amide bonds. The van der Waals surface area contributed by atoms with E-state index in [1.807, 2.05) is 32.0 Å². The highest BCUT2D eigenvalue weighted by molar-refractivity contribution is 5.92. The Labute approximate surface area is 138 Å². The van der Waals surface area contributed by atoms with Gasteiger partial charge in [0, 0.05) is 23.3 Å². The number of hydrogen-bond donors (Lipinski definition) is 1. The Kier molecular flexibility index (Phi) is 4.16. The summed E-state index contributed by atoms with van der Waals surface area (Å²) in [5.74, 6) is -0.689. The van der Waals surface area contributed by atoms with Crippen molar-refractivity contribution in [3.63, 3.8) is 0 Å². The molecule has 0 aliphatic carbocycles. The van der Waals surface area contributed by atoms with Crippen molar-refractivity contribution in [3.8, 4) is 0 Å². The van der Waals surface area contributed by atoms with Gasteiger partial charge in [-0.2, -0.15) is 0 Å². The van der Waals surface area contributed by atoms with Gasteiger partial charge in [-0.1, -0.05) is 6.07 Å². The third kappa shape index (κ3) is 3.35. The monoisotopic (exact) mass is 324 g/mol. The van der Waals surface area contributed by atoms with E-state index in [0.29, 0.717) is 5.52 Å². The van der Waals surface area contributed by atoms with Crippen molar-refractivity contribution >= 4 is 22.5 Å². The molecule has 0 saturated carbocycles. The van der Waals surface area contributed by atoms with Crippen molar-refractivity contribution in [3.05, 3.63) is 75.8 Å². The fourth-order valence-corrected chi connectivity index (χ4v) is 2.82. The van der Waals surface area contributed by atoms with Gasteiger partial charge in [0.25, 0.3) is 0 Å². The van der Waals surface area contributed by atoms with Crippen molar-refractivity contribution in [1.82, 2.24) is 4.57 Å². The number of aromatic nitrogens is 1. The zero-order valence-corrected chi connectivity index (χ0v) is 13.5.